The summed E-state index contributed by atoms with van der Waals surface area (Å²) < 4.78 is 0. The second kappa shape index (κ2) is 6.76. The van der Waals surface area contributed by atoms with Crippen molar-refractivity contribution >= 4 is 0 Å². The summed E-state index contributed by atoms with van der Waals surface area (Å²) in [6.45, 7) is 0. The van der Waals surface area contributed by atoms with Crippen LogP contribution in [-0.2, 0) is 0 Å². The van der Waals surface area contributed by atoms with Crippen LogP contribution in [0.4, 0.5) is 0 Å². The zero-order valence-electron chi connectivity index (χ0n) is 12.6. The van der Waals surface area contributed by atoms with Gasteiger partial charge in [-0.05, 0) is 48.6 Å². The van der Waals surface area contributed by atoms with Gasteiger partial charge in [0.15, 0.2) is 0 Å². The molecule has 2 aliphatic carbocycles. The molecule has 0 heterocycles. The Labute approximate surface area is 123 Å². The van der Waals surface area contributed by atoms with Gasteiger partial charge in [0.1, 0.15) is 0 Å². The van der Waals surface area contributed by atoms with Crippen molar-refractivity contribution in [1.29, 1.82) is 0 Å². The minimum atomic E-state index is -0.240. The third-order valence-electron chi connectivity index (χ3n) is 5.45. The lowest BCUT2D eigenvalue weighted by atomic mass is 9.81. The molecule has 2 aliphatic rings. The monoisotopic (exact) mass is 272 g/mol. The van der Waals surface area contributed by atoms with E-state index in [1.54, 1.807) is 0 Å². The lowest BCUT2D eigenvalue weighted by Crippen LogP contribution is -2.16. The van der Waals surface area contributed by atoms with E-state index in [1.165, 1.54) is 69.8 Å². The Morgan fingerprint density at radius 1 is 0.750 bits per heavy atom. The highest BCUT2D eigenvalue weighted by molar-refractivity contribution is 5.27. The maximum Gasteiger partial charge on any atom is 0.0818 e. The summed E-state index contributed by atoms with van der Waals surface area (Å²) in [5, 5.41) is 10.5. The maximum absolute atomic E-state index is 10.5. The highest BCUT2D eigenvalue weighted by Gasteiger charge is 2.23. The third-order valence-corrected chi connectivity index (χ3v) is 5.45. The predicted molar refractivity (Wildman–Crippen MR) is 83.8 cm³/mol. The molecule has 0 aromatic heterocycles. The molecule has 0 aliphatic heterocycles. The normalized spacial score (nSPS) is 23.6. The van der Waals surface area contributed by atoms with Crippen LogP contribution in [0.5, 0.6) is 0 Å². The first-order valence-electron chi connectivity index (χ1n) is 8.62. The van der Waals surface area contributed by atoms with E-state index in [4.69, 9.17) is 0 Å². The summed E-state index contributed by atoms with van der Waals surface area (Å²) in [7, 11) is 0. The quantitative estimate of drug-likeness (QED) is 0.786. The molecule has 0 saturated heterocycles. The van der Waals surface area contributed by atoms with E-state index >= 15 is 0 Å². The maximum atomic E-state index is 10.5. The highest BCUT2D eigenvalue weighted by Crippen LogP contribution is 2.36. The van der Waals surface area contributed by atoms with Gasteiger partial charge in [0.05, 0.1) is 6.10 Å². The average molecular weight is 272 g/mol. The van der Waals surface area contributed by atoms with Crippen LogP contribution >= 0.6 is 0 Å². The number of rotatable bonds is 3. The fraction of sp³-hybridized carbons (Fsp3) is 0.684. The Morgan fingerprint density at radius 2 is 1.30 bits per heavy atom. The van der Waals surface area contributed by atoms with Crippen LogP contribution in [-0.4, -0.2) is 5.11 Å². The molecule has 1 aromatic carbocycles. The minimum Gasteiger partial charge on any atom is -0.388 e. The molecule has 1 N–H and O–H groups in total. The first-order valence-corrected chi connectivity index (χ1v) is 8.62. The predicted octanol–water partition coefficient (Wildman–Crippen LogP) is 5.35. The molecule has 1 nitrogen and oxygen atoms in total. The SMILES string of the molecule is OC(c1ccc(C2CCCCC2)cc1)C1CCCCC1. The van der Waals surface area contributed by atoms with E-state index < -0.39 is 0 Å². The zero-order valence-corrected chi connectivity index (χ0v) is 12.6. The number of hydrogen-bond acceptors (Lipinski definition) is 1. The summed E-state index contributed by atoms with van der Waals surface area (Å²) in [6.07, 6.45) is 13.0. The van der Waals surface area contributed by atoms with Gasteiger partial charge >= 0.3 is 0 Å². The fourth-order valence-electron chi connectivity index (χ4n) is 4.12. The number of aliphatic hydroxyl groups is 1. The van der Waals surface area contributed by atoms with Crippen molar-refractivity contribution in [1.82, 2.24) is 0 Å². The number of benzene rings is 1. The molecular formula is C19H28O. The summed E-state index contributed by atoms with van der Waals surface area (Å²) in [5.74, 6) is 1.26. The molecule has 1 heteroatoms. The van der Waals surface area contributed by atoms with Gasteiger partial charge in [0.25, 0.3) is 0 Å². The first-order chi connectivity index (χ1) is 9.84. The summed E-state index contributed by atoms with van der Waals surface area (Å²) in [6, 6.07) is 8.92. The van der Waals surface area contributed by atoms with E-state index in [9.17, 15) is 5.11 Å². The number of aliphatic hydroxyl groups excluding tert-OH is 1. The van der Waals surface area contributed by atoms with Crippen LogP contribution in [0.2, 0.25) is 0 Å². The molecule has 1 atom stereocenters. The second-order valence-electron chi connectivity index (χ2n) is 6.84. The molecule has 110 valence electrons. The van der Waals surface area contributed by atoms with Gasteiger partial charge in [-0.15, -0.1) is 0 Å². The standard InChI is InChI=1S/C19H28O/c20-19(17-9-5-2-6-10-17)18-13-11-16(12-14-18)15-7-3-1-4-8-15/h11-15,17,19-20H,1-10H2. The molecule has 1 unspecified atom stereocenters. The smallest absolute Gasteiger partial charge is 0.0818 e. The molecule has 2 fully saturated rings. The van der Waals surface area contributed by atoms with Gasteiger partial charge in [-0.2, -0.15) is 0 Å². The Morgan fingerprint density at radius 3 is 1.90 bits per heavy atom. The average Bonchev–Trinajstić information content (AvgIpc) is 2.56. The van der Waals surface area contributed by atoms with Gasteiger partial charge in [-0.25, -0.2) is 0 Å². The van der Waals surface area contributed by atoms with Gasteiger partial charge in [0, 0.05) is 0 Å². The molecule has 1 aromatic rings. The molecule has 0 bridgehead atoms. The van der Waals surface area contributed by atoms with E-state index in [-0.39, 0.29) is 6.10 Å². The molecule has 0 amide bonds. The molecular weight excluding hydrogens is 244 g/mol. The molecule has 0 radical (unpaired) electrons. The van der Waals surface area contributed by atoms with Crippen molar-refractivity contribution in [2.75, 3.05) is 0 Å². The van der Waals surface area contributed by atoms with E-state index in [0.717, 1.165) is 11.5 Å². The Kier molecular flexibility index (Phi) is 4.77. The van der Waals surface area contributed by atoms with E-state index in [2.05, 4.69) is 24.3 Å². The van der Waals surface area contributed by atoms with Crippen molar-refractivity contribution in [2.45, 2.75) is 76.2 Å². The Balaban J connectivity index is 1.65. The summed E-state index contributed by atoms with van der Waals surface area (Å²) in [5.41, 5.74) is 2.63. The molecule has 0 spiro atoms. The lowest BCUT2D eigenvalue weighted by molar-refractivity contribution is 0.0848. The lowest BCUT2D eigenvalue weighted by Gasteiger charge is -2.27. The fourth-order valence-corrected chi connectivity index (χ4v) is 4.12. The summed E-state index contributed by atoms with van der Waals surface area (Å²) in [4.78, 5) is 0. The van der Waals surface area contributed by atoms with Crippen molar-refractivity contribution in [3.63, 3.8) is 0 Å². The van der Waals surface area contributed by atoms with Crippen molar-refractivity contribution in [2.24, 2.45) is 5.92 Å². The minimum absolute atomic E-state index is 0.240. The second-order valence-corrected chi connectivity index (χ2v) is 6.84. The topological polar surface area (TPSA) is 20.2 Å². The first kappa shape index (κ1) is 14.1. The van der Waals surface area contributed by atoms with Crippen LogP contribution in [0.3, 0.4) is 0 Å². The van der Waals surface area contributed by atoms with E-state index in [0.29, 0.717) is 5.92 Å². The van der Waals surface area contributed by atoms with Crippen molar-refractivity contribution < 1.29 is 5.11 Å². The third kappa shape index (κ3) is 3.25. The summed E-state index contributed by atoms with van der Waals surface area (Å²) >= 11 is 0. The highest BCUT2D eigenvalue weighted by atomic mass is 16.3. The largest absolute Gasteiger partial charge is 0.388 e. The Hall–Kier alpha value is -0.820. The van der Waals surface area contributed by atoms with Crippen molar-refractivity contribution in [3.8, 4) is 0 Å². The van der Waals surface area contributed by atoms with Crippen LogP contribution in [0.15, 0.2) is 24.3 Å². The van der Waals surface area contributed by atoms with Crippen LogP contribution in [0, 0.1) is 5.92 Å². The molecule has 20 heavy (non-hydrogen) atoms. The Bertz CT molecular complexity index is 396. The van der Waals surface area contributed by atoms with Crippen molar-refractivity contribution in [3.05, 3.63) is 35.4 Å². The van der Waals surface area contributed by atoms with Crippen LogP contribution < -0.4 is 0 Å². The zero-order chi connectivity index (χ0) is 13.8. The number of hydrogen-bond donors (Lipinski definition) is 1. The van der Waals surface area contributed by atoms with Crippen LogP contribution in [0.25, 0.3) is 0 Å². The van der Waals surface area contributed by atoms with E-state index in [1.807, 2.05) is 0 Å². The van der Waals surface area contributed by atoms with Gasteiger partial charge in [0.2, 0.25) is 0 Å². The van der Waals surface area contributed by atoms with Gasteiger partial charge < -0.3 is 5.11 Å². The van der Waals surface area contributed by atoms with Crippen LogP contribution in [0.1, 0.15) is 87.4 Å². The molecule has 2 saturated carbocycles. The van der Waals surface area contributed by atoms with Gasteiger partial charge in [-0.3, -0.25) is 0 Å². The molecule has 3 rings (SSSR count). The van der Waals surface area contributed by atoms with Gasteiger partial charge in [-0.1, -0.05) is 62.8 Å².